The van der Waals surface area contributed by atoms with Gasteiger partial charge in [-0.3, -0.25) is 9.78 Å². The van der Waals surface area contributed by atoms with E-state index in [1.54, 1.807) is 11.7 Å². The number of pyridine rings is 1. The standard InChI is InChI=1S/C14H19N7OS.2ClH/c1-9-12(11-3-4-15-5-10(11)6-16-9)7-17-13(22)8-23-14-18-19-20-21(14)2;;/h6,15H,3-5,7-8H2,1-2H3,(H,17,22);2*1H. The van der Waals surface area contributed by atoms with Gasteiger partial charge in [0.15, 0.2) is 0 Å². The molecule has 0 fully saturated rings. The average molecular weight is 406 g/mol. The summed E-state index contributed by atoms with van der Waals surface area (Å²) >= 11 is 1.32. The lowest BCUT2D eigenvalue weighted by Gasteiger charge is -2.21. The molecule has 3 rings (SSSR count). The minimum atomic E-state index is -0.0380. The van der Waals surface area contributed by atoms with Crippen molar-refractivity contribution in [2.75, 3.05) is 12.3 Å². The SMILES string of the molecule is Cc1ncc2c(c1CNC(=O)CSc1nnnn1C)CCNC2.Cl.Cl. The number of hydrogen-bond acceptors (Lipinski definition) is 7. The lowest BCUT2D eigenvalue weighted by molar-refractivity contribution is -0.118. The molecule has 2 aromatic heterocycles. The summed E-state index contributed by atoms with van der Waals surface area (Å²) in [5.41, 5.74) is 4.67. The summed E-state index contributed by atoms with van der Waals surface area (Å²) in [5, 5.41) is 18.1. The Morgan fingerprint density at radius 1 is 1.44 bits per heavy atom. The number of aryl methyl sites for hydroxylation is 2. The third-order valence-corrected chi connectivity index (χ3v) is 4.86. The van der Waals surface area contributed by atoms with E-state index < -0.39 is 0 Å². The maximum absolute atomic E-state index is 12.1. The summed E-state index contributed by atoms with van der Waals surface area (Å²) in [6.45, 7) is 4.31. The molecule has 0 bridgehead atoms. The second kappa shape index (κ2) is 9.91. The van der Waals surface area contributed by atoms with Crippen LogP contribution in [0.5, 0.6) is 0 Å². The van der Waals surface area contributed by atoms with Crippen molar-refractivity contribution in [3.05, 3.63) is 28.6 Å². The Morgan fingerprint density at radius 2 is 2.24 bits per heavy atom. The van der Waals surface area contributed by atoms with E-state index in [2.05, 4.69) is 31.1 Å². The van der Waals surface area contributed by atoms with E-state index in [4.69, 9.17) is 0 Å². The van der Waals surface area contributed by atoms with Crippen LogP contribution < -0.4 is 10.6 Å². The molecule has 0 aromatic carbocycles. The molecule has 1 aliphatic rings. The number of aromatic nitrogens is 5. The van der Waals surface area contributed by atoms with Gasteiger partial charge in [0.1, 0.15) is 0 Å². The monoisotopic (exact) mass is 405 g/mol. The Bertz CT molecular complexity index is 725. The fraction of sp³-hybridized carbons (Fsp3) is 0.500. The molecule has 0 spiro atoms. The Kier molecular flexibility index (Phi) is 8.57. The third-order valence-electron chi connectivity index (χ3n) is 3.85. The summed E-state index contributed by atoms with van der Waals surface area (Å²) in [6.07, 6.45) is 2.91. The highest BCUT2D eigenvalue weighted by Crippen LogP contribution is 2.20. The minimum Gasteiger partial charge on any atom is -0.351 e. The molecule has 3 heterocycles. The van der Waals surface area contributed by atoms with Crippen LogP contribution in [-0.2, 0) is 31.4 Å². The number of fused-ring (bicyclic) bond motifs is 1. The van der Waals surface area contributed by atoms with Crippen molar-refractivity contribution in [3.8, 4) is 0 Å². The van der Waals surface area contributed by atoms with Gasteiger partial charge in [0.25, 0.3) is 0 Å². The van der Waals surface area contributed by atoms with Crippen molar-refractivity contribution in [1.82, 2.24) is 35.8 Å². The molecular weight excluding hydrogens is 385 g/mol. The van der Waals surface area contributed by atoms with Crippen molar-refractivity contribution in [3.63, 3.8) is 0 Å². The van der Waals surface area contributed by atoms with Gasteiger partial charge in [0, 0.05) is 32.0 Å². The van der Waals surface area contributed by atoms with E-state index in [0.29, 0.717) is 11.7 Å². The summed E-state index contributed by atoms with van der Waals surface area (Å²) in [6, 6.07) is 0. The Balaban J connectivity index is 0.00000156. The zero-order valence-corrected chi connectivity index (χ0v) is 16.4. The summed E-state index contributed by atoms with van der Waals surface area (Å²) in [7, 11) is 1.75. The molecule has 0 saturated heterocycles. The fourth-order valence-electron chi connectivity index (χ4n) is 2.59. The lowest BCUT2D eigenvalue weighted by atomic mass is 9.96. The number of nitrogens with zero attached hydrogens (tertiary/aromatic N) is 5. The molecule has 25 heavy (non-hydrogen) atoms. The average Bonchev–Trinajstić information content (AvgIpc) is 2.97. The molecule has 0 atom stereocenters. The number of nitrogens with one attached hydrogen (secondary N) is 2. The molecule has 0 aliphatic carbocycles. The highest BCUT2D eigenvalue weighted by molar-refractivity contribution is 7.99. The van der Waals surface area contributed by atoms with Gasteiger partial charge in [-0.2, -0.15) is 0 Å². The number of thioether (sulfide) groups is 1. The lowest BCUT2D eigenvalue weighted by Crippen LogP contribution is -2.29. The first-order valence-electron chi connectivity index (χ1n) is 7.44. The highest BCUT2D eigenvalue weighted by atomic mass is 35.5. The van der Waals surface area contributed by atoms with Crippen molar-refractivity contribution < 1.29 is 4.79 Å². The van der Waals surface area contributed by atoms with Crippen LogP contribution in [0.1, 0.15) is 22.4 Å². The smallest absolute Gasteiger partial charge is 0.230 e. The topological polar surface area (TPSA) is 97.6 Å². The van der Waals surface area contributed by atoms with Gasteiger partial charge in [0.2, 0.25) is 11.1 Å². The van der Waals surface area contributed by atoms with Gasteiger partial charge >= 0.3 is 0 Å². The van der Waals surface area contributed by atoms with E-state index in [0.717, 1.165) is 30.8 Å². The van der Waals surface area contributed by atoms with Gasteiger partial charge in [-0.1, -0.05) is 11.8 Å². The maximum atomic E-state index is 12.1. The quantitative estimate of drug-likeness (QED) is 0.710. The van der Waals surface area contributed by atoms with Gasteiger partial charge in [-0.05, 0) is 47.0 Å². The summed E-state index contributed by atoms with van der Waals surface area (Å²) < 4.78 is 1.55. The number of tetrazole rings is 1. The van der Waals surface area contributed by atoms with Gasteiger partial charge < -0.3 is 10.6 Å². The Hall–Kier alpha value is -1.42. The first-order chi connectivity index (χ1) is 11.1. The fourth-order valence-corrected chi connectivity index (χ4v) is 3.27. The third kappa shape index (κ3) is 5.27. The molecular formula is C14H21Cl2N7OS. The van der Waals surface area contributed by atoms with Crippen LogP contribution in [-0.4, -0.2) is 43.4 Å². The van der Waals surface area contributed by atoms with Crippen LogP contribution in [0, 0.1) is 6.92 Å². The van der Waals surface area contributed by atoms with E-state index in [1.165, 1.54) is 22.9 Å². The highest BCUT2D eigenvalue weighted by Gasteiger charge is 2.16. The number of carbonyl (C=O) groups is 1. The molecule has 1 amide bonds. The van der Waals surface area contributed by atoms with E-state index in [9.17, 15) is 4.79 Å². The first-order valence-corrected chi connectivity index (χ1v) is 8.42. The van der Waals surface area contributed by atoms with Crippen LogP contribution in [0.25, 0.3) is 0 Å². The molecule has 0 unspecified atom stereocenters. The Labute approximate surface area is 162 Å². The maximum Gasteiger partial charge on any atom is 0.230 e. The molecule has 138 valence electrons. The predicted molar refractivity (Wildman–Crippen MR) is 100 cm³/mol. The number of carbonyl (C=O) groups excluding carboxylic acids is 1. The molecule has 8 nitrogen and oxygen atoms in total. The second-order valence-electron chi connectivity index (χ2n) is 5.40. The van der Waals surface area contributed by atoms with Crippen molar-refractivity contribution >= 4 is 42.5 Å². The van der Waals surface area contributed by atoms with E-state index >= 15 is 0 Å². The first kappa shape index (κ1) is 21.6. The van der Waals surface area contributed by atoms with Gasteiger partial charge in [-0.15, -0.1) is 29.9 Å². The number of rotatable bonds is 5. The van der Waals surface area contributed by atoms with Crippen LogP contribution >= 0.6 is 36.6 Å². The molecule has 1 aliphatic heterocycles. The number of amides is 1. The number of halogens is 2. The van der Waals surface area contributed by atoms with Gasteiger partial charge in [0.05, 0.1) is 5.75 Å². The zero-order valence-electron chi connectivity index (χ0n) is 14.0. The number of hydrogen-bond donors (Lipinski definition) is 2. The van der Waals surface area contributed by atoms with Crippen molar-refractivity contribution in [2.24, 2.45) is 7.05 Å². The van der Waals surface area contributed by atoms with Crippen LogP contribution in [0.4, 0.5) is 0 Å². The summed E-state index contributed by atoms with van der Waals surface area (Å²) in [4.78, 5) is 16.5. The molecule has 0 saturated carbocycles. The summed E-state index contributed by atoms with van der Waals surface area (Å²) in [5.74, 6) is 0.251. The minimum absolute atomic E-state index is 0. The van der Waals surface area contributed by atoms with Crippen LogP contribution in [0.15, 0.2) is 11.4 Å². The van der Waals surface area contributed by atoms with E-state index in [1.807, 2.05) is 13.1 Å². The molecule has 2 N–H and O–H groups in total. The molecule has 2 aromatic rings. The molecule has 0 radical (unpaired) electrons. The van der Waals surface area contributed by atoms with Crippen LogP contribution in [0.2, 0.25) is 0 Å². The normalized spacial score (nSPS) is 12.6. The van der Waals surface area contributed by atoms with Gasteiger partial charge in [-0.25, -0.2) is 4.68 Å². The second-order valence-corrected chi connectivity index (χ2v) is 6.35. The largest absolute Gasteiger partial charge is 0.351 e. The van der Waals surface area contributed by atoms with Crippen LogP contribution in [0.3, 0.4) is 0 Å². The molecule has 11 heteroatoms. The zero-order chi connectivity index (χ0) is 16.2. The predicted octanol–water partition coefficient (Wildman–Crippen LogP) is 0.811. The van der Waals surface area contributed by atoms with E-state index in [-0.39, 0.29) is 36.5 Å². The van der Waals surface area contributed by atoms with Crippen molar-refractivity contribution in [2.45, 2.75) is 31.6 Å². The van der Waals surface area contributed by atoms with Crippen molar-refractivity contribution in [1.29, 1.82) is 0 Å². The Morgan fingerprint density at radius 3 is 2.96 bits per heavy atom.